The molecule has 2 heterocycles. The molecule has 3 unspecified atom stereocenters. The maximum absolute atomic E-state index is 13.6. The highest BCUT2D eigenvalue weighted by molar-refractivity contribution is 5.99. The number of pyridine rings is 1. The van der Waals surface area contributed by atoms with Crippen molar-refractivity contribution in [3.63, 3.8) is 0 Å². The summed E-state index contributed by atoms with van der Waals surface area (Å²) in [5.74, 6) is -0.851. The number of carbonyl (C=O) groups is 2. The van der Waals surface area contributed by atoms with Crippen molar-refractivity contribution in [2.75, 3.05) is 7.05 Å². The molecule has 1 aromatic heterocycles. The fourth-order valence-electron chi connectivity index (χ4n) is 4.82. The van der Waals surface area contributed by atoms with E-state index in [1.165, 1.54) is 5.56 Å². The van der Waals surface area contributed by atoms with Gasteiger partial charge in [0.05, 0.1) is 0 Å². The summed E-state index contributed by atoms with van der Waals surface area (Å²) in [6.45, 7) is 2.28. The van der Waals surface area contributed by atoms with Crippen LogP contribution in [-0.2, 0) is 6.54 Å². The number of hydrogen-bond donors (Lipinski definition) is 3. The molecule has 1 aliphatic heterocycles. The zero-order valence-electron chi connectivity index (χ0n) is 21.2. The molecule has 192 valence electrons. The molecule has 0 bridgehead atoms. The van der Waals surface area contributed by atoms with Gasteiger partial charge in [0.25, 0.3) is 11.8 Å². The van der Waals surface area contributed by atoms with Crippen LogP contribution in [0.5, 0.6) is 0 Å². The first-order valence-corrected chi connectivity index (χ1v) is 12.8. The van der Waals surface area contributed by atoms with Crippen molar-refractivity contribution in [2.45, 2.75) is 56.9 Å². The summed E-state index contributed by atoms with van der Waals surface area (Å²) in [5, 5.41) is 2.83. The Kier molecular flexibility index (Phi) is 7.21. The average molecular weight is 500 g/mol. The van der Waals surface area contributed by atoms with Crippen molar-refractivity contribution in [3.05, 3.63) is 106 Å². The molecule has 1 aliphatic carbocycles. The van der Waals surface area contributed by atoms with Gasteiger partial charge in [0.15, 0.2) is 0 Å². The Morgan fingerprint density at radius 1 is 1.00 bits per heavy atom. The van der Waals surface area contributed by atoms with Gasteiger partial charge in [-0.2, -0.15) is 0 Å². The van der Waals surface area contributed by atoms with Crippen molar-refractivity contribution in [2.24, 2.45) is 0 Å². The lowest BCUT2D eigenvalue weighted by Gasteiger charge is -2.29. The number of aromatic nitrogens is 1. The second kappa shape index (κ2) is 10.7. The molecule has 1 saturated heterocycles. The van der Waals surface area contributed by atoms with E-state index in [9.17, 15) is 14.4 Å². The zero-order valence-corrected chi connectivity index (χ0v) is 21.2. The van der Waals surface area contributed by atoms with E-state index in [4.69, 9.17) is 0 Å². The fourth-order valence-corrected chi connectivity index (χ4v) is 4.82. The maximum Gasteiger partial charge on any atom is 0.259 e. The summed E-state index contributed by atoms with van der Waals surface area (Å²) in [5.41, 5.74) is 8.25. The third-order valence-corrected chi connectivity index (χ3v) is 7.43. The van der Waals surface area contributed by atoms with Crippen LogP contribution in [0.1, 0.15) is 70.1 Å². The molecule has 2 fully saturated rings. The van der Waals surface area contributed by atoms with E-state index in [2.05, 4.69) is 28.3 Å². The van der Waals surface area contributed by atoms with Crippen LogP contribution in [-0.4, -0.2) is 40.4 Å². The number of carbonyl (C=O) groups excluding carboxylic acids is 2. The largest absolute Gasteiger partial charge is 0.349 e. The molecule has 37 heavy (non-hydrogen) atoms. The summed E-state index contributed by atoms with van der Waals surface area (Å²) in [6.07, 6.45) is 5.94. The third kappa shape index (κ3) is 5.50. The minimum atomic E-state index is -0.536. The molecule has 3 atom stereocenters. The monoisotopic (exact) mass is 499 g/mol. The van der Waals surface area contributed by atoms with Crippen LogP contribution in [0.4, 0.5) is 0 Å². The summed E-state index contributed by atoms with van der Waals surface area (Å²) in [4.78, 5) is 41.6. The second-order valence-electron chi connectivity index (χ2n) is 10.0. The van der Waals surface area contributed by atoms with E-state index < -0.39 is 11.3 Å². The molecule has 2 aromatic carbocycles. The molecule has 1 saturated carbocycles. The maximum atomic E-state index is 13.6. The van der Waals surface area contributed by atoms with E-state index in [1.807, 2.05) is 60.0 Å². The molecule has 0 radical (unpaired) electrons. The fraction of sp³-hybridized carbons (Fsp3) is 0.345. The van der Waals surface area contributed by atoms with Gasteiger partial charge in [-0.1, -0.05) is 60.7 Å². The van der Waals surface area contributed by atoms with Crippen molar-refractivity contribution in [1.82, 2.24) is 25.6 Å². The highest BCUT2D eigenvalue weighted by Gasteiger charge is 2.34. The van der Waals surface area contributed by atoms with Gasteiger partial charge in [-0.15, -0.1) is 0 Å². The van der Waals surface area contributed by atoms with Gasteiger partial charge in [0.1, 0.15) is 11.1 Å². The number of nitrogens with one attached hydrogen (secondary N) is 3. The lowest BCUT2D eigenvalue weighted by atomic mass is 9.98. The van der Waals surface area contributed by atoms with Gasteiger partial charge in [-0.3, -0.25) is 19.8 Å². The Bertz CT molecular complexity index is 1320. The predicted molar refractivity (Wildman–Crippen MR) is 142 cm³/mol. The van der Waals surface area contributed by atoms with Crippen LogP contribution in [0.2, 0.25) is 0 Å². The van der Waals surface area contributed by atoms with E-state index in [1.54, 1.807) is 24.3 Å². The number of amides is 2. The van der Waals surface area contributed by atoms with E-state index in [0.29, 0.717) is 6.54 Å². The van der Waals surface area contributed by atoms with Gasteiger partial charge in [0.2, 0.25) is 5.43 Å². The first kappa shape index (κ1) is 24.9. The molecular formula is C29H33N5O3. The third-order valence-electron chi connectivity index (χ3n) is 7.43. The number of rotatable bonds is 8. The molecule has 2 amide bonds. The number of benzene rings is 2. The molecule has 8 nitrogen and oxygen atoms in total. The van der Waals surface area contributed by atoms with Crippen LogP contribution in [0.25, 0.3) is 0 Å². The van der Waals surface area contributed by atoms with Gasteiger partial charge < -0.3 is 14.8 Å². The Morgan fingerprint density at radius 3 is 2.32 bits per heavy atom. The summed E-state index contributed by atoms with van der Waals surface area (Å²) >= 11 is 0. The van der Waals surface area contributed by atoms with Crippen molar-refractivity contribution in [3.8, 4) is 0 Å². The quantitative estimate of drug-likeness (QED) is 0.443. The zero-order chi connectivity index (χ0) is 25.9. The molecule has 8 heteroatoms. The second-order valence-corrected chi connectivity index (χ2v) is 10.0. The molecule has 0 spiro atoms. The highest BCUT2D eigenvalue weighted by atomic mass is 16.2. The molecule has 5 rings (SSSR count). The normalized spacial score (nSPS) is 19.8. The lowest BCUT2D eigenvalue weighted by molar-refractivity contribution is 0.0713. The smallest absolute Gasteiger partial charge is 0.259 e. The van der Waals surface area contributed by atoms with E-state index in [0.717, 1.165) is 24.8 Å². The summed E-state index contributed by atoms with van der Waals surface area (Å²) < 4.78 is 1.85. The SMILES string of the molecule is CC(C1CC(c2ccccc2)NN1)N(C)C(=O)c1cn(C2CC2)cc(C(=O)NCc2ccccc2)c1=O. The molecule has 3 N–H and O–H groups in total. The Hall–Kier alpha value is -3.75. The predicted octanol–water partition coefficient (Wildman–Crippen LogP) is 3.18. The first-order chi connectivity index (χ1) is 17.9. The van der Waals surface area contributed by atoms with Gasteiger partial charge >= 0.3 is 0 Å². The minimum absolute atomic E-state index is 0.000432. The number of hydrogen-bond acceptors (Lipinski definition) is 5. The Balaban J connectivity index is 1.33. The number of likely N-dealkylation sites (N-methyl/N-ethyl adjacent to an activating group) is 1. The van der Waals surface area contributed by atoms with Crippen LogP contribution < -0.4 is 21.6 Å². The molecule has 2 aliphatic rings. The summed E-state index contributed by atoms with van der Waals surface area (Å²) in [7, 11) is 1.72. The van der Waals surface area contributed by atoms with Crippen molar-refractivity contribution >= 4 is 11.8 Å². The number of nitrogens with zero attached hydrogens (tertiary/aromatic N) is 2. The molecular weight excluding hydrogens is 466 g/mol. The number of hydrazine groups is 1. The van der Waals surface area contributed by atoms with Gasteiger partial charge in [0, 0.05) is 50.2 Å². The van der Waals surface area contributed by atoms with Gasteiger partial charge in [-0.25, -0.2) is 5.43 Å². The Labute approximate surface area is 216 Å². The van der Waals surface area contributed by atoms with E-state index >= 15 is 0 Å². The van der Waals surface area contributed by atoms with Crippen LogP contribution in [0, 0.1) is 0 Å². The lowest BCUT2D eigenvalue weighted by Crippen LogP contribution is -2.49. The minimum Gasteiger partial charge on any atom is -0.349 e. The molecule has 3 aromatic rings. The standard InChI is InChI=1S/C29H33N5O3/c1-19(25-15-26(32-31-25)21-11-7-4-8-12-21)33(2)29(37)24-18-34(22-13-14-22)17-23(27(24)35)28(36)30-16-20-9-5-3-6-10-20/h3-12,17-19,22,25-26,31-32H,13-16H2,1-2H3,(H,30,36). The summed E-state index contributed by atoms with van der Waals surface area (Å²) in [6, 6.07) is 19.9. The van der Waals surface area contributed by atoms with Crippen molar-refractivity contribution in [1.29, 1.82) is 0 Å². The van der Waals surface area contributed by atoms with Crippen LogP contribution in [0.15, 0.2) is 77.9 Å². The van der Waals surface area contributed by atoms with Crippen molar-refractivity contribution < 1.29 is 9.59 Å². The van der Waals surface area contributed by atoms with Crippen LogP contribution in [0.3, 0.4) is 0 Å². The van der Waals surface area contributed by atoms with Crippen LogP contribution >= 0.6 is 0 Å². The highest BCUT2D eigenvalue weighted by Crippen LogP contribution is 2.34. The average Bonchev–Trinajstić information content (AvgIpc) is 3.67. The topological polar surface area (TPSA) is 95.5 Å². The Morgan fingerprint density at radius 2 is 1.65 bits per heavy atom. The van der Waals surface area contributed by atoms with E-state index in [-0.39, 0.29) is 41.2 Å². The van der Waals surface area contributed by atoms with Gasteiger partial charge in [-0.05, 0) is 37.3 Å². The first-order valence-electron chi connectivity index (χ1n) is 12.8.